The minimum Gasteiger partial charge on any atom is -0.494 e. The van der Waals surface area contributed by atoms with E-state index in [0.29, 0.717) is 40.4 Å². The van der Waals surface area contributed by atoms with Crippen molar-refractivity contribution in [2.75, 3.05) is 49.8 Å². The summed E-state index contributed by atoms with van der Waals surface area (Å²) in [6, 6.07) is 12.6. The van der Waals surface area contributed by atoms with E-state index < -0.39 is 6.98 Å². The van der Waals surface area contributed by atoms with Crippen LogP contribution in [0.2, 0.25) is 0 Å². The van der Waals surface area contributed by atoms with Crippen LogP contribution < -0.4 is 25.6 Å². The quantitative estimate of drug-likeness (QED) is 0.288. The summed E-state index contributed by atoms with van der Waals surface area (Å²) in [5.41, 5.74) is 3.65. The molecule has 1 amide bonds. The van der Waals surface area contributed by atoms with E-state index in [-0.39, 0.29) is 11.9 Å². The molecule has 0 unspecified atom stereocenters. The molecule has 4 rings (SSSR count). The van der Waals surface area contributed by atoms with Crippen LogP contribution >= 0.6 is 0 Å². The van der Waals surface area contributed by atoms with Gasteiger partial charge in [0.2, 0.25) is 11.9 Å². The second-order valence-corrected chi connectivity index (χ2v) is 8.11. The Morgan fingerprint density at radius 2 is 2.11 bits per heavy atom. The second kappa shape index (κ2) is 10.9. The number of para-hydroxylation sites is 1. The van der Waals surface area contributed by atoms with Crippen molar-refractivity contribution in [3.63, 3.8) is 0 Å². The van der Waals surface area contributed by atoms with Gasteiger partial charge in [-0.3, -0.25) is 4.79 Å². The predicted molar refractivity (Wildman–Crippen MR) is 146 cm³/mol. The van der Waals surface area contributed by atoms with Crippen molar-refractivity contribution in [1.29, 1.82) is 0 Å². The van der Waals surface area contributed by atoms with Crippen LogP contribution in [0.5, 0.6) is 5.75 Å². The lowest BCUT2D eigenvalue weighted by molar-refractivity contribution is -0.111. The van der Waals surface area contributed by atoms with Gasteiger partial charge in [-0.25, -0.2) is 9.97 Å². The molecule has 0 saturated carbocycles. The zero-order valence-electron chi connectivity index (χ0n) is 23.5. The van der Waals surface area contributed by atoms with Crippen molar-refractivity contribution >= 4 is 39.8 Å². The molecule has 36 heavy (non-hydrogen) atoms. The van der Waals surface area contributed by atoms with Crippen LogP contribution in [-0.2, 0) is 11.8 Å². The van der Waals surface area contributed by atoms with E-state index in [0.717, 1.165) is 17.6 Å². The summed E-state index contributed by atoms with van der Waals surface area (Å²) in [6.07, 6.45) is 4.39. The van der Waals surface area contributed by atoms with E-state index in [2.05, 4.69) is 32.5 Å². The van der Waals surface area contributed by atoms with Gasteiger partial charge in [-0.1, -0.05) is 24.8 Å². The van der Waals surface area contributed by atoms with Gasteiger partial charge in [0.1, 0.15) is 5.75 Å². The van der Waals surface area contributed by atoms with Crippen molar-refractivity contribution in [1.82, 2.24) is 19.9 Å². The van der Waals surface area contributed by atoms with Gasteiger partial charge in [0.25, 0.3) is 0 Å². The number of hydrogen-bond donors (Lipinski definition) is 3. The molecular formula is C27H31N7O2. The van der Waals surface area contributed by atoms with Crippen LogP contribution in [0.4, 0.5) is 23.0 Å². The number of anilines is 4. The highest BCUT2D eigenvalue weighted by Gasteiger charge is 2.17. The van der Waals surface area contributed by atoms with Crippen LogP contribution in [-0.4, -0.2) is 54.7 Å². The Balaban J connectivity index is 1.75. The molecule has 0 saturated heterocycles. The highest BCUT2D eigenvalue weighted by molar-refractivity contribution is 6.02. The number of amides is 1. The maximum atomic E-state index is 12.2. The number of hydrogen-bond acceptors (Lipinski definition) is 7. The Hall–Kier alpha value is -4.37. The summed E-state index contributed by atoms with van der Waals surface area (Å²) in [4.78, 5) is 23.2. The van der Waals surface area contributed by atoms with Gasteiger partial charge >= 0.3 is 0 Å². The van der Waals surface area contributed by atoms with E-state index >= 15 is 0 Å². The number of methoxy groups -OCH3 is 1. The van der Waals surface area contributed by atoms with Crippen molar-refractivity contribution in [2.45, 2.75) is 0 Å². The first-order valence-electron chi connectivity index (χ1n) is 12.9. The van der Waals surface area contributed by atoms with Gasteiger partial charge in [-0.15, -0.1) is 0 Å². The number of carbonyl (C=O) groups is 1. The van der Waals surface area contributed by atoms with Crippen LogP contribution in [0, 0.1) is 0 Å². The largest absolute Gasteiger partial charge is 0.494 e. The Labute approximate surface area is 215 Å². The van der Waals surface area contributed by atoms with Crippen LogP contribution in [0.1, 0.15) is 4.11 Å². The molecule has 2 aromatic carbocycles. The molecular weight excluding hydrogens is 454 g/mol. The van der Waals surface area contributed by atoms with Gasteiger partial charge in [0.15, 0.2) is 0 Å². The van der Waals surface area contributed by atoms with Gasteiger partial charge in [-0.05, 0) is 31.3 Å². The van der Waals surface area contributed by atoms with Gasteiger partial charge in [0.05, 0.1) is 29.9 Å². The maximum Gasteiger partial charge on any atom is 0.247 e. The molecule has 0 aliphatic heterocycles. The Kier molecular flexibility index (Phi) is 6.36. The third-order valence-corrected chi connectivity index (χ3v) is 5.76. The Morgan fingerprint density at radius 3 is 2.86 bits per heavy atom. The lowest BCUT2D eigenvalue weighted by atomic mass is 10.1. The highest BCUT2D eigenvalue weighted by Crippen LogP contribution is 2.38. The van der Waals surface area contributed by atoms with Gasteiger partial charge in [0, 0.05) is 66.2 Å². The number of fused-ring (bicyclic) bond motifs is 1. The molecule has 2 aromatic heterocycles. The Bertz CT molecular complexity index is 1500. The van der Waals surface area contributed by atoms with Crippen molar-refractivity contribution in [3.05, 3.63) is 67.5 Å². The number of nitrogens with one attached hydrogen (secondary N) is 3. The molecule has 0 spiro atoms. The van der Waals surface area contributed by atoms with Crippen molar-refractivity contribution < 1.29 is 13.6 Å². The summed E-state index contributed by atoms with van der Waals surface area (Å²) in [5.74, 6) is 0.443. The number of carbonyl (C=O) groups excluding carboxylic acids is 1. The zero-order valence-corrected chi connectivity index (χ0v) is 20.5. The predicted octanol–water partition coefficient (Wildman–Crippen LogP) is 4.17. The second-order valence-electron chi connectivity index (χ2n) is 8.11. The summed E-state index contributed by atoms with van der Waals surface area (Å²) in [5, 5.41) is 9.92. The van der Waals surface area contributed by atoms with E-state index in [9.17, 15) is 4.79 Å². The maximum absolute atomic E-state index is 12.2. The average molecular weight is 489 g/mol. The number of aryl methyl sites for hydroxylation is 1. The van der Waals surface area contributed by atoms with Crippen LogP contribution in [0.25, 0.3) is 22.2 Å². The minimum absolute atomic E-state index is 0.272. The van der Waals surface area contributed by atoms with E-state index in [1.807, 2.05) is 37.2 Å². The van der Waals surface area contributed by atoms with Crippen molar-refractivity contribution in [2.24, 2.45) is 6.98 Å². The first-order chi connectivity index (χ1) is 18.7. The molecule has 2 heterocycles. The lowest BCUT2D eigenvalue weighted by Crippen LogP contribution is -2.28. The van der Waals surface area contributed by atoms with Crippen LogP contribution in [0.15, 0.2) is 67.5 Å². The molecule has 3 N–H and O–H groups in total. The van der Waals surface area contributed by atoms with Gasteiger partial charge in [-0.2, -0.15) is 0 Å². The molecule has 0 aliphatic carbocycles. The molecule has 0 radical (unpaired) electrons. The first kappa shape index (κ1) is 21.0. The molecule has 9 nitrogen and oxygen atoms in total. The topological polar surface area (TPSA) is 96.3 Å². The fourth-order valence-electron chi connectivity index (χ4n) is 3.91. The number of nitrogens with zero attached hydrogens (tertiary/aromatic N) is 4. The van der Waals surface area contributed by atoms with E-state index in [4.69, 9.17) is 8.85 Å². The van der Waals surface area contributed by atoms with Crippen molar-refractivity contribution in [3.8, 4) is 17.0 Å². The SMILES string of the molecule is [2H]C([2H])([2H])n1cc(-c2ccnc(Nc3cc(NC(=O)C=C)c(N(C)CCNC)cc3OC)n2)c2ccccc21. The monoisotopic (exact) mass is 488 g/mol. The lowest BCUT2D eigenvalue weighted by Gasteiger charge is -2.24. The summed E-state index contributed by atoms with van der Waals surface area (Å²) >= 11 is 0. The molecule has 0 bridgehead atoms. The summed E-state index contributed by atoms with van der Waals surface area (Å²) in [7, 11) is 5.35. The van der Waals surface area contributed by atoms with Gasteiger partial charge < -0.3 is 30.2 Å². The fraction of sp³-hybridized carbons (Fsp3) is 0.222. The smallest absolute Gasteiger partial charge is 0.247 e. The molecule has 0 aliphatic rings. The number of aromatic nitrogens is 3. The molecule has 0 atom stereocenters. The van der Waals surface area contributed by atoms with E-state index in [1.165, 1.54) is 10.6 Å². The third-order valence-electron chi connectivity index (χ3n) is 5.76. The third kappa shape index (κ3) is 5.16. The molecule has 186 valence electrons. The number of likely N-dealkylation sites (N-methyl/N-ethyl adjacent to an activating group) is 2. The molecule has 9 heteroatoms. The average Bonchev–Trinajstić information content (AvgIpc) is 3.32. The summed E-state index contributed by atoms with van der Waals surface area (Å²) < 4.78 is 30.7. The standard InChI is InChI=1S/C27H31N7O2/c1-6-26(35)30-21-15-22(25(36-5)16-24(21)33(3)14-13-28-2)32-27-29-12-11-20(31-27)19-17-34(4)23-10-8-7-9-18(19)23/h6-12,15-17,28H,1,13-14H2,2-5H3,(H,30,35)(H,29,31,32)/i4D3. The number of rotatable bonds is 10. The fourth-order valence-corrected chi connectivity index (χ4v) is 3.91. The summed E-state index contributed by atoms with van der Waals surface area (Å²) in [6.45, 7) is 2.64. The minimum atomic E-state index is -2.34. The van der Waals surface area contributed by atoms with Crippen LogP contribution in [0.3, 0.4) is 0 Å². The first-order valence-corrected chi connectivity index (χ1v) is 11.4. The molecule has 4 aromatic rings. The van der Waals surface area contributed by atoms with E-state index in [1.54, 1.807) is 43.8 Å². The number of ether oxygens (including phenoxy) is 1. The normalized spacial score (nSPS) is 12.4. The molecule has 0 fully saturated rings. The highest BCUT2D eigenvalue weighted by atomic mass is 16.5. The number of benzene rings is 2. The Morgan fingerprint density at radius 1 is 1.28 bits per heavy atom. The zero-order chi connectivity index (χ0) is 28.2.